The van der Waals surface area contributed by atoms with Gasteiger partial charge in [0.1, 0.15) is 11.9 Å². The summed E-state index contributed by atoms with van der Waals surface area (Å²) in [6, 6.07) is 10.5. The van der Waals surface area contributed by atoms with Crippen molar-refractivity contribution in [1.29, 1.82) is 5.26 Å². The van der Waals surface area contributed by atoms with E-state index in [9.17, 15) is 10.1 Å². The molecule has 1 aliphatic heterocycles. The Morgan fingerprint density at radius 2 is 1.96 bits per heavy atom. The van der Waals surface area contributed by atoms with Gasteiger partial charge in [0.15, 0.2) is 5.65 Å². The van der Waals surface area contributed by atoms with Crippen molar-refractivity contribution in [2.45, 2.75) is 38.5 Å². The lowest BCUT2D eigenvalue weighted by atomic mass is 9.93. The van der Waals surface area contributed by atoms with E-state index in [-0.39, 0.29) is 5.91 Å². The van der Waals surface area contributed by atoms with Crippen LogP contribution in [0.2, 0.25) is 0 Å². The fourth-order valence-electron chi connectivity index (χ4n) is 5.03. The maximum Gasteiger partial charge on any atom is 0.217 e. The number of amides is 1. The van der Waals surface area contributed by atoms with Gasteiger partial charge in [0.05, 0.1) is 16.6 Å². The van der Waals surface area contributed by atoms with Crippen molar-refractivity contribution < 1.29 is 4.79 Å². The number of primary amides is 1. The highest BCUT2D eigenvalue weighted by Crippen LogP contribution is 2.39. The number of hydrogen-bond donors (Lipinski definition) is 1. The van der Waals surface area contributed by atoms with Crippen LogP contribution in [0, 0.1) is 17.2 Å². The second kappa shape index (κ2) is 6.52. The van der Waals surface area contributed by atoms with Crippen molar-refractivity contribution in [3.05, 3.63) is 41.0 Å². The fourth-order valence-corrected chi connectivity index (χ4v) is 5.03. The van der Waals surface area contributed by atoms with E-state index >= 15 is 0 Å². The van der Waals surface area contributed by atoms with Gasteiger partial charge in [-0.1, -0.05) is 12.1 Å². The van der Waals surface area contributed by atoms with E-state index in [1.165, 1.54) is 16.9 Å². The largest absolute Gasteiger partial charge is 0.370 e. The SMILES string of the molecule is N#Cc1c2c(c(N3CCC(CC(N)=O)CC3)n3c1nc1ccccc13)CCC2. The average Bonchev–Trinajstić information content (AvgIpc) is 3.31. The van der Waals surface area contributed by atoms with Crippen molar-refractivity contribution in [1.82, 2.24) is 9.38 Å². The number of nitriles is 1. The number of nitrogens with zero attached hydrogens (tertiary/aromatic N) is 4. The third-order valence-electron chi connectivity index (χ3n) is 6.30. The number of fused-ring (bicyclic) bond motifs is 4. The lowest BCUT2D eigenvalue weighted by molar-refractivity contribution is -0.119. The molecular weight excluding hydrogens is 350 g/mol. The molecule has 5 rings (SSSR count). The number of hydrogen-bond acceptors (Lipinski definition) is 4. The molecule has 0 bridgehead atoms. The molecule has 1 fully saturated rings. The highest BCUT2D eigenvalue weighted by molar-refractivity contribution is 5.86. The van der Waals surface area contributed by atoms with Gasteiger partial charge in [-0.2, -0.15) is 5.26 Å². The molecule has 2 N–H and O–H groups in total. The number of pyridine rings is 1. The number of carbonyl (C=O) groups excluding carboxylic acids is 1. The Balaban J connectivity index is 1.69. The molecule has 1 aliphatic carbocycles. The average molecular weight is 373 g/mol. The minimum absolute atomic E-state index is 0.208. The standard InChI is InChI=1S/C22H23N5O/c23-13-17-15-4-3-5-16(15)22(26-10-8-14(9-11-26)12-20(24)28)27-19-7-2-1-6-18(19)25-21(17)27/h1-2,6-7,14H,3-5,8-12H2,(H2,24,28). The Labute approximate surface area is 163 Å². The van der Waals surface area contributed by atoms with Crippen LogP contribution in [0.5, 0.6) is 0 Å². The lowest BCUT2D eigenvalue weighted by Gasteiger charge is -2.35. The van der Waals surface area contributed by atoms with Gasteiger partial charge in [-0.25, -0.2) is 4.98 Å². The fraction of sp³-hybridized carbons (Fsp3) is 0.409. The van der Waals surface area contributed by atoms with Crippen molar-refractivity contribution in [3.63, 3.8) is 0 Å². The molecule has 0 spiro atoms. The normalized spacial score (nSPS) is 17.2. The number of para-hydroxylation sites is 2. The molecule has 6 nitrogen and oxygen atoms in total. The van der Waals surface area contributed by atoms with Crippen LogP contribution < -0.4 is 10.6 Å². The van der Waals surface area contributed by atoms with E-state index in [1.807, 2.05) is 18.2 Å². The van der Waals surface area contributed by atoms with Gasteiger partial charge in [-0.05, 0) is 61.3 Å². The van der Waals surface area contributed by atoms with Crippen LogP contribution in [0.25, 0.3) is 16.7 Å². The molecule has 0 unspecified atom stereocenters. The van der Waals surface area contributed by atoms with Crippen LogP contribution in [0.15, 0.2) is 24.3 Å². The van der Waals surface area contributed by atoms with Crippen LogP contribution in [0.1, 0.15) is 42.4 Å². The Morgan fingerprint density at radius 1 is 1.21 bits per heavy atom. The number of benzene rings is 1. The van der Waals surface area contributed by atoms with Crippen molar-refractivity contribution in [2.24, 2.45) is 11.7 Å². The summed E-state index contributed by atoms with van der Waals surface area (Å²) in [6.45, 7) is 1.80. The molecule has 1 aromatic carbocycles. The summed E-state index contributed by atoms with van der Waals surface area (Å²) in [5.74, 6) is 1.36. The molecule has 28 heavy (non-hydrogen) atoms. The molecule has 3 heterocycles. The van der Waals surface area contributed by atoms with Gasteiger partial charge in [0.2, 0.25) is 5.91 Å². The number of carbonyl (C=O) groups is 1. The summed E-state index contributed by atoms with van der Waals surface area (Å²) >= 11 is 0. The first kappa shape index (κ1) is 17.1. The monoisotopic (exact) mass is 373 g/mol. The third kappa shape index (κ3) is 2.54. The highest BCUT2D eigenvalue weighted by atomic mass is 16.1. The zero-order chi connectivity index (χ0) is 19.3. The quantitative estimate of drug-likeness (QED) is 0.765. The molecule has 142 valence electrons. The van der Waals surface area contributed by atoms with Crippen LogP contribution in [-0.4, -0.2) is 28.4 Å². The van der Waals surface area contributed by atoms with Gasteiger partial charge >= 0.3 is 0 Å². The summed E-state index contributed by atoms with van der Waals surface area (Å²) in [5.41, 5.74) is 11.4. The zero-order valence-corrected chi connectivity index (χ0v) is 15.8. The maximum absolute atomic E-state index is 11.3. The summed E-state index contributed by atoms with van der Waals surface area (Å²) in [6.07, 6.45) is 5.44. The van der Waals surface area contributed by atoms with Gasteiger partial charge in [-0.3, -0.25) is 9.20 Å². The number of rotatable bonds is 3. The highest BCUT2D eigenvalue weighted by Gasteiger charge is 2.30. The van der Waals surface area contributed by atoms with Gasteiger partial charge in [0, 0.05) is 19.5 Å². The van der Waals surface area contributed by atoms with E-state index < -0.39 is 0 Å². The lowest BCUT2D eigenvalue weighted by Crippen LogP contribution is -2.36. The van der Waals surface area contributed by atoms with Crippen LogP contribution in [0.4, 0.5) is 5.82 Å². The van der Waals surface area contributed by atoms with E-state index in [0.29, 0.717) is 12.3 Å². The summed E-state index contributed by atoms with van der Waals surface area (Å²) in [4.78, 5) is 18.6. The molecule has 6 heteroatoms. The van der Waals surface area contributed by atoms with Gasteiger partial charge < -0.3 is 10.6 Å². The molecule has 1 amide bonds. The van der Waals surface area contributed by atoms with Crippen molar-refractivity contribution >= 4 is 28.4 Å². The van der Waals surface area contributed by atoms with E-state index in [1.54, 1.807) is 0 Å². The van der Waals surface area contributed by atoms with Crippen molar-refractivity contribution in [2.75, 3.05) is 18.0 Å². The Hall–Kier alpha value is -3.07. The predicted octanol–water partition coefficient (Wildman–Crippen LogP) is 2.94. The molecule has 2 aliphatic rings. The second-order valence-corrected chi connectivity index (χ2v) is 7.98. The maximum atomic E-state index is 11.3. The molecule has 3 aromatic rings. The Bertz CT molecular complexity index is 1130. The van der Waals surface area contributed by atoms with Crippen LogP contribution in [0.3, 0.4) is 0 Å². The predicted molar refractivity (Wildman–Crippen MR) is 108 cm³/mol. The summed E-state index contributed by atoms with van der Waals surface area (Å²) in [5, 5.41) is 9.88. The van der Waals surface area contributed by atoms with Gasteiger partial charge in [0.25, 0.3) is 0 Å². The van der Waals surface area contributed by atoms with E-state index in [2.05, 4.69) is 21.4 Å². The van der Waals surface area contributed by atoms with Crippen molar-refractivity contribution in [3.8, 4) is 6.07 Å². The number of imidazole rings is 1. The topological polar surface area (TPSA) is 87.4 Å². The molecule has 2 aromatic heterocycles. The first-order chi connectivity index (χ1) is 13.7. The molecule has 0 radical (unpaired) electrons. The second-order valence-electron chi connectivity index (χ2n) is 7.98. The van der Waals surface area contributed by atoms with Gasteiger partial charge in [-0.15, -0.1) is 0 Å². The molecule has 0 atom stereocenters. The minimum atomic E-state index is -0.208. The third-order valence-corrected chi connectivity index (χ3v) is 6.30. The zero-order valence-electron chi connectivity index (χ0n) is 15.8. The minimum Gasteiger partial charge on any atom is -0.370 e. The molecule has 1 saturated heterocycles. The first-order valence-electron chi connectivity index (χ1n) is 10.1. The number of piperidine rings is 1. The molecular formula is C22H23N5O. The summed E-state index contributed by atoms with van der Waals surface area (Å²) < 4.78 is 2.20. The number of aromatic nitrogens is 2. The Kier molecular flexibility index (Phi) is 3.97. The Morgan fingerprint density at radius 3 is 2.71 bits per heavy atom. The van der Waals surface area contributed by atoms with E-state index in [0.717, 1.165) is 67.4 Å². The van der Waals surface area contributed by atoms with Crippen LogP contribution >= 0.6 is 0 Å². The summed E-state index contributed by atoms with van der Waals surface area (Å²) in [7, 11) is 0. The first-order valence-corrected chi connectivity index (χ1v) is 10.1. The number of nitrogens with two attached hydrogens (primary N) is 1. The van der Waals surface area contributed by atoms with Crippen LogP contribution in [-0.2, 0) is 17.6 Å². The molecule has 0 saturated carbocycles. The smallest absolute Gasteiger partial charge is 0.217 e. The van der Waals surface area contributed by atoms with E-state index in [4.69, 9.17) is 10.7 Å². The number of anilines is 1.